The summed E-state index contributed by atoms with van der Waals surface area (Å²) in [6.07, 6.45) is 5.23. The second-order valence-electron chi connectivity index (χ2n) is 12.6. The standard InChI is InChI=1S/C39H40N4O3/c1-23-16-28(43-27(5)39(26(4)41-43)38-24(2)18-31(45-7)19-25(38)3)20-32(17-23)46-30-12-13-34-33-10-8-9-11-35(33)42(36(34)21-30)37-22-29(44-6)14-15-40-37/h8-18,20-22,25,31,38H,19H2,1-7H3/t25-,31?,38+/m0/s1. The Bertz CT molecular complexity index is 2120. The first-order valence-electron chi connectivity index (χ1n) is 15.9. The van der Waals surface area contributed by atoms with Crippen molar-refractivity contribution in [1.29, 1.82) is 0 Å². The Hall–Kier alpha value is -4.88. The quantitative estimate of drug-likeness (QED) is 0.168. The number of pyridine rings is 1. The van der Waals surface area contributed by atoms with Gasteiger partial charge in [-0.2, -0.15) is 5.10 Å². The molecule has 7 rings (SSSR count). The van der Waals surface area contributed by atoms with Gasteiger partial charge in [-0.3, -0.25) is 4.57 Å². The van der Waals surface area contributed by atoms with Crippen molar-refractivity contribution in [3.8, 4) is 28.8 Å². The van der Waals surface area contributed by atoms with Gasteiger partial charge in [0.25, 0.3) is 0 Å². The lowest BCUT2D eigenvalue weighted by Crippen LogP contribution is -2.25. The number of allylic oxidation sites excluding steroid dienone is 1. The third kappa shape index (κ3) is 5.14. The Labute approximate surface area is 270 Å². The highest BCUT2D eigenvalue weighted by atomic mass is 16.5. The molecule has 1 aliphatic rings. The smallest absolute Gasteiger partial charge is 0.141 e. The molecule has 0 N–H and O–H groups in total. The molecule has 1 aliphatic carbocycles. The molecule has 1 unspecified atom stereocenters. The van der Waals surface area contributed by atoms with Crippen LogP contribution >= 0.6 is 0 Å². The van der Waals surface area contributed by atoms with Crippen molar-refractivity contribution in [1.82, 2.24) is 19.3 Å². The van der Waals surface area contributed by atoms with Gasteiger partial charge in [-0.25, -0.2) is 9.67 Å². The number of benzene rings is 3. The Morgan fingerprint density at radius 1 is 0.804 bits per heavy atom. The van der Waals surface area contributed by atoms with Crippen LogP contribution in [0.5, 0.6) is 17.2 Å². The monoisotopic (exact) mass is 612 g/mol. The summed E-state index contributed by atoms with van der Waals surface area (Å²) in [5.41, 5.74) is 9.04. The van der Waals surface area contributed by atoms with E-state index in [2.05, 4.69) is 105 Å². The Kier molecular flexibility index (Phi) is 7.65. The van der Waals surface area contributed by atoms with Crippen molar-refractivity contribution >= 4 is 21.8 Å². The van der Waals surface area contributed by atoms with E-state index in [4.69, 9.17) is 24.3 Å². The maximum absolute atomic E-state index is 6.59. The highest BCUT2D eigenvalue weighted by molar-refractivity contribution is 6.09. The minimum atomic E-state index is 0.172. The van der Waals surface area contributed by atoms with Crippen molar-refractivity contribution in [2.24, 2.45) is 5.92 Å². The lowest BCUT2D eigenvalue weighted by atomic mass is 9.74. The summed E-state index contributed by atoms with van der Waals surface area (Å²) >= 11 is 0. The number of ether oxygens (including phenoxy) is 3. The average molecular weight is 613 g/mol. The first-order chi connectivity index (χ1) is 22.2. The second kappa shape index (κ2) is 11.8. The summed E-state index contributed by atoms with van der Waals surface area (Å²) in [6.45, 7) is 10.9. The lowest BCUT2D eigenvalue weighted by molar-refractivity contribution is 0.108. The maximum Gasteiger partial charge on any atom is 0.141 e. The van der Waals surface area contributed by atoms with Crippen LogP contribution in [-0.2, 0) is 4.74 Å². The van der Waals surface area contributed by atoms with Crippen molar-refractivity contribution < 1.29 is 14.2 Å². The Balaban J connectivity index is 1.27. The van der Waals surface area contributed by atoms with Crippen LogP contribution in [0.1, 0.15) is 48.7 Å². The highest BCUT2D eigenvalue weighted by Gasteiger charge is 2.32. The van der Waals surface area contributed by atoms with Crippen LogP contribution in [0.2, 0.25) is 0 Å². The fourth-order valence-corrected chi connectivity index (χ4v) is 7.40. The summed E-state index contributed by atoms with van der Waals surface area (Å²) in [5, 5.41) is 7.34. The van der Waals surface area contributed by atoms with Crippen LogP contribution in [0.4, 0.5) is 0 Å². The number of hydrogen-bond acceptors (Lipinski definition) is 5. The number of methoxy groups -OCH3 is 2. The zero-order valence-corrected chi connectivity index (χ0v) is 27.5. The molecule has 7 heteroatoms. The van der Waals surface area contributed by atoms with Gasteiger partial charge in [-0.05, 0) is 82.0 Å². The van der Waals surface area contributed by atoms with Gasteiger partial charge >= 0.3 is 0 Å². The van der Waals surface area contributed by atoms with Crippen molar-refractivity contribution in [3.05, 3.63) is 113 Å². The van der Waals surface area contributed by atoms with E-state index in [1.54, 1.807) is 20.4 Å². The predicted octanol–water partition coefficient (Wildman–Crippen LogP) is 9.18. The first kappa shape index (κ1) is 29.8. The number of hydrogen-bond donors (Lipinski definition) is 0. The van der Waals surface area contributed by atoms with Gasteiger partial charge < -0.3 is 14.2 Å². The normalized spacial score (nSPS) is 18.2. The summed E-state index contributed by atoms with van der Waals surface area (Å²) in [4.78, 5) is 4.69. The number of fused-ring (bicyclic) bond motifs is 3. The van der Waals surface area contributed by atoms with Crippen LogP contribution in [0, 0.1) is 26.7 Å². The van der Waals surface area contributed by atoms with Crippen molar-refractivity contribution in [2.75, 3.05) is 14.2 Å². The summed E-state index contributed by atoms with van der Waals surface area (Å²) in [7, 11) is 3.47. The summed E-state index contributed by atoms with van der Waals surface area (Å²) < 4.78 is 22.0. The van der Waals surface area contributed by atoms with Crippen LogP contribution in [0.25, 0.3) is 33.3 Å². The van der Waals surface area contributed by atoms with E-state index >= 15 is 0 Å². The third-order valence-corrected chi connectivity index (χ3v) is 9.42. The van der Waals surface area contributed by atoms with Crippen LogP contribution in [0.15, 0.2) is 90.6 Å². The zero-order chi connectivity index (χ0) is 32.1. The van der Waals surface area contributed by atoms with E-state index in [9.17, 15) is 0 Å². The molecule has 3 aromatic carbocycles. The van der Waals surface area contributed by atoms with E-state index in [0.717, 1.165) is 73.9 Å². The molecule has 3 atom stereocenters. The van der Waals surface area contributed by atoms with E-state index < -0.39 is 0 Å². The molecule has 3 heterocycles. The van der Waals surface area contributed by atoms with Crippen LogP contribution in [-0.4, -0.2) is 39.7 Å². The lowest BCUT2D eigenvalue weighted by Gasteiger charge is -2.33. The fourth-order valence-electron chi connectivity index (χ4n) is 7.40. The Morgan fingerprint density at radius 2 is 1.61 bits per heavy atom. The molecule has 0 bridgehead atoms. The molecule has 46 heavy (non-hydrogen) atoms. The maximum atomic E-state index is 6.59. The zero-order valence-electron chi connectivity index (χ0n) is 27.5. The molecule has 0 radical (unpaired) electrons. The largest absolute Gasteiger partial charge is 0.497 e. The second-order valence-corrected chi connectivity index (χ2v) is 12.6. The highest BCUT2D eigenvalue weighted by Crippen LogP contribution is 2.42. The molecule has 0 saturated heterocycles. The molecule has 7 nitrogen and oxygen atoms in total. The van der Waals surface area contributed by atoms with Gasteiger partial charge in [-0.15, -0.1) is 0 Å². The number of nitrogens with zero attached hydrogens (tertiary/aromatic N) is 4. The van der Waals surface area contributed by atoms with Crippen LogP contribution in [0.3, 0.4) is 0 Å². The molecule has 3 aromatic heterocycles. The van der Waals surface area contributed by atoms with Crippen molar-refractivity contribution in [3.63, 3.8) is 0 Å². The molecule has 234 valence electrons. The predicted molar refractivity (Wildman–Crippen MR) is 184 cm³/mol. The van der Waals surface area contributed by atoms with Gasteiger partial charge in [0.2, 0.25) is 0 Å². The molecular weight excluding hydrogens is 572 g/mol. The average Bonchev–Trinajstić information content (AvgIpc) is 3.53. The van der Waals surface area contributed by atoms with Gasteiger partial charge in [0, 0.05) is 59.5 Å². The van der Waals surface area contributed by atoms with Gasteiger partial charge in [-0.1, -0.05) is 36.8 Å². The third-order valence-electron chi connectivity index (χ3n) is 9.42. The van der Waals surface area contributed by atoms with Gasteiger partial charge in [0.05, 0.1) is 35.6 Å². The topological polar surface area (TPSA) is 63.3 Å². The minimum Gasteiger partial charge on any atom is -0.497 e. The van der Waals surface area contributed by atoms with E-state index in [1.807, 2.05) is 18.2 Å². The van der Waals surface area contributed by atoms with E-state index in [0.29, 0.717) is 11.8 Å². The molecule has 0 amide bonds. The van der Waals surface area contributed by atoms with Gasteiger partial charge in [0.1, 0.15) is 23.1 Å². The van der Waals surface area contributed by atoms with Gasteiger partial charge in [0.15, 0.2) is 0 Å². The molecular formula is C39H40N4O3. The van der Waals surface area contributed by atoms with E-state index in [1.165, 1.54) is 11.1 Å². The first-order valence-corrected chi connectivity index (χ1v) is 15.9. The molecule has 0 saturated carbocycles. The molecule has 0 spiro atoms. The van der Waals surface area contributed by atoms with Crippen molar-refractivity contribution in [2.45, 2.75) is 53.1 Å². The summed E-state index contributed by atoms with van der Waals surface area (Å²) in [6, 6.07) is 24.8. The van der Waals surface area contributed by atoms with Crippen LogP contribution < -0.4 is 9.47 Å². The minimum absolute atomic E-state index is 0.172. The van der Waals surface area contributed by atoms with E-state index in [-0.39, 0.29) is 6.10 Å². The Morgan fingerprint density at radius 3 is 2.39 bits per heavy atom. The number of aromatic nitrogens is 4. The summed E-state index contributed by atoms with van der Waals surface area (Å²) in [5.74, 6) is 3.82. The number of aryl methyl sites for hydroxylation is 2. The molecule has 0 aliphatic heterocycles. The number of para-hydroxylation sites is 1. The fraction of sp³-hybridized carbons (Fsp3) is 0.282. The number of rotatable bonds is 7. The molecule has 6 aromatic rings. The SMILES string of the molecule is COc1ccnc(-n2c3ccccc3c3ccc(Oc4cc(C)cc(-n5nc(C)c([C@@H]6C(C)=CC(OC)C[C@@H]6C)c5C)c4)cc32)c1. The molecule has 0 fully saturated rings.